The number of likely N-dealkylation sites (tertiary alicyclic amines) is 1. The van der Waals surface area contributed by atoms with Gasteiger partial charge in [0.05, 0.1) is 36.5 Å². The van der Waals surface area contributed by atoms with Gasteiger partial charge in [-0.2, -0.15) is 5.10 Å². The van der Waals surface area contributed by atoms with Gasteiger partial charge in [-0.25, -0.2) is 4.68 Å². The van der Waals surface area contributed by atoms with E-state index in [-0.39, 0.29) is 29.4 Å². The summed E-state index contributed by atoms with van der Waals surface area (Å²) in [6.45, 7) is 5.53. The minimum absolute atomic E-state index is 0.0391. The summed E-state index contributed by atoms with van der Waals surface area (Å²) in [5, 5.41) is 7.13. The molecule has 2 aromatic carbocycles. The van der Waals surface area contributed by atoms with Gasteiger partial charge in [0.15, 0.2) is 0 Å². The van der Waals surface area contributed by atoms with E-state index in [9.17, 15) is 9.59 Å². The van der Waals surface area contributed by atoms with Gasteiger partial charge >= 0.3 is 0 Å². The number of nitrogens with zero attached hydrogens (tertiary/aromatic N) is 4. The standard InChI is InChI=1S/C32H34N4O4S2/c1-20-10-7-11-22(21(20)2)36-32-29(30(33-36)28-23(39-3)12-8-13-24(28)40-4)31(25-14-9-17-41-25)42-19-27(38)35(32)18-26(37)34-15-5-6-16-34/h7-14,17,31H,5-6,15-16,18-19H2,1-4H3. The van der Waals surface area contributed by atoms with E-state index in [0.717, 1.165) is 53.2 Å². The first kappa shape index (κ1) is 28.4. The second-order valence-electron chi connectivity index (χ2n) is 10.5. The molecular formula is C32H34N4O4S2. The SMILES string of the molecule is COc1cccc(OC)c1-c1nn(-c2cccc(C)c2C)c2c1C(c1cccs1)SCC(=O)N2CC(=O)N1CCCC1. The number of rotatable bonds is 7. The van der Waals surface area contributed by atoms with Crippen LogP contribution in [0.4, 0.5) is 5.82 Å². The first-order valence-electron chi connectivity index (χ1n) is 14.1. The van der Waals surface area contributed by atoms with Gasteiger partial charge < -0.3 is 14.4 Å². The molecule has 0 radical (unpaired) electrons. The van der Waals surface area contributed by atoms with Crippen LogP contribution in [0.5, 0.6) is 11.5 Å². The van der Waals surface area contributed by atoms with Gasteiger partial charge in [-0.15, -0.1) is 23.1 Å². The molecule has 6 rings (SSSR count). The molecule has 0 saturated carbocycles. The van der Waals surface area contributed by atoms with Crippen LogP contribution in [0.15, 0.2) is 53.9 Å². The molecule has 1 fully saturated rings. The molecule has 2 aliphatic heterocycles. The van der Waals surface area contributed by atoms with Crippen molar-refractivity contribution < 1.29 is 19.1 Å². The fourth-order valence-electron chi connectivity index (χ4n) is 5.79. The summed E-state index contributed by atoms with van der Waals surface area (Å²) in [6.07, 6.45) is 1.97. The van der Waals surface area contributed by atoms with Crippen molar-refractivity contribution in [1.82, 2.24) is 14.7 Å². The van der Waals surface area contributed by atoms with Crippen LogP contribution in [-0.2, 0) is 9.59 Å². The lowest BCUT2D eigenvalue weighted by Gasteiger charge is -2.26. The Bertz CT molecular complexity index is 1600. The highest BCUT2D eigenvalue weighted by molar-refractivity contribution is 8.00. The number of methoxy groups -OCH3 is 2. The number of anilines is 1. The van der Waals surface area contributed by atoms with Crippen molar-refractivity contribution in [2.24, 2.45) is 0 Å². The number of aromatic nitrogens is 2. The van der Waals surface area contributed by atoms with Crippen LogP contribution in [0.25, 0.3) is 16.9 Å². The number of benzene rings is 2. The number of hydrogen-bond acceptors (Lipinski definition) is 7. The Morgan fingerprint density at radius 3 is 2.38 bits per heavy atom. The van der Waals surface area contributed by atoms with Crippen LogP contribution in [0, 0.1) is 13.8 Å². The summed E-state index contributed by atoms with van der Waals surface area (Å²) >= 11 is 3.21. The molecule has 10 heteroatoms. The Morgan fingerprint density at radius 2 is 1.71 bits per heavy atom. The number of thioether (sulfide) groups is 1. The lowest BCUT2D eigenvalue weighted by molar-refractivity contribution is -0.130. The number of amides is 2. The number of carbonyl (C=O) groups excluding carboxylic acids is 2. The summed E-state index contributed by atoms with van der Waals surface area (Å²) in [5.41, 5.74) is 5.26. The highest BCUT2D eigenvalue weighted by Gasteiger charge is 2.40. The molecule has 2 aliphatic rings. The lowest BCUT2D eigenvalue weighted by atomic mass is 10.0. The summed E-state index contributed by atoms with van der Waals surface area (Å²) in [4.78, 5) is 32.3. The molecule has 0 bridgehead atoms. The fourth-order valence-corrected chi connectivity index (χ4v) is 7.96. The van der Waals surface area contributed by atoms with E-state index in [1.165, 1.54) is 0 Å². The molecule has 4 aromatic rings. The minimum atomic E-state index is -0.195. The van der Waals surface area contributed by atoms with Crippen LogP contribution in [0.2, 0.25) is 0 Å². The second kappa shape index (κ2) is 11.9. The molecule has 1 atom stereocenters. The third kappa shape index (κ3) is 4.96. The molecule has 0 aliphatic carbocycles. The zero-order valence-corrected chi connectivity index (χ0v) is 25.9. The topological polar surface area (TPSA) is 76.9 Å². The van der Waals surface area contributed by atoms with Gasteiger partial charge in [0.25, 0.3) is 0 Å². The monoisotopic (exact) mass is 602 g/mol. The molecule has 0 spiro atoms. The minimum Gasteiger partial charge on any atom is -0.496 e. The Labute approximate surface area is 254 Å². The molecule has 2 amide bonds. The Morgan fingerprint density at radius 1 is 1.00 bits per heavy atom. The summed E-state index contributed by atoms with van der Waals surface area (Å²) in [7, 11) is 3.27. The third-order valence-electron chi connectivity index (χ3n) is 8.11. The smallest absolute Gasteiger partial charge is 0.242 e. The highest BCUT2D eigenvalue weighted by atomic mass is 32.2. The number of thiophene rings is 1. The van der Waals surface area contributed by atoms with Gasteiger partial charge in [0.2, 0.25) is 11.8 Å². The predicted octanol–water partition coefficient (Wildman–Crippen LogP) is 6.03. The van der Waals surface area contributed by atoms with E-state index in [1.807, 2.05) is 46.0 Å². The maximum absolute atomic E-state index is 14.0. The summed E-state index contributed by atoms with van der Waals surface area (Å²) < 4.78 is 13.6. The number of ether oxygens (including phenoxy) is 2. The van der Waals surface area contributed by atoms with Crippen molar-refractivity contribution in [2.75, 3.05) is 44.5 Å². The van der Waals surface area contributed by atoms with E-state index >= 15 is 0 Å². The number of carbonyl (C=O) groups is 2. The molecule has 1 saturated heterocycles. The van der Waals surface area contributed by atoms with E-state index < -0.39 is 0 Å². The first-order chi connectivity index (χ1) is 20.4. The zero-order chi connectivity index (χ0) is 29.4. The highest BCUT2D eigenvalue weighted by Crippen LogP contribution is 2.52. The van der Waals surface area contributed by atoms with Gasteiger partial charge in [-0.05, 0) is 67.5 Å². The molecule has 2 aromatic heterocycles. The van der Waals surface area contributed by atoms with Gasteiger partial charge in [0.1, 0.15) is 29.6 Å². The van der Waals surface area contributed by atoms with Crippen LogP contribution in [0.3, 0.4) is 0 Å². The Balaban J connectivity index is 1.68. The van der Waals surface area contributed by atoms with Gasteiger partial charge in [0, 0.05) is 23.5 Å². The molecule has 1 unspecified atom stereocenters. The number of hydrogen-bond donors (Lipinski definition) is 0. The van der Waals surface area contributed by atoms with Crippen LogP contribution < -0.4 is 14.4 Å². The van der Waals surface area contributed by atoms with Crippen molar-refractivity contribution >= 4 is 40.7 Å². The second-order valence-corrected chi connectivity index (χ2v) is 12.6. The lowest BCUT2D eigenvalue weighted by Crippen LogP contribution is -2.43. The van der Waals surface area contributed by atoms with E-state index in [4.69, 9.17) is 14.6 Å². The predicted molar refractivity (Wildman–Crippen MR) is 168 cm³/mol. The van der Waals surface area contributed by atoms with Crippen molar-refractivity contribution in [3.05, 3.63) is 75.5 Å². The Kier molecular flexibility index (Phi) is 8.00. The molecule has 0 N–H and O–H groups in total. The van der Waals surface area contributed by atoms with Crippen molar-refractivity contribution in [3.63, 3.8) is 0 Å². The number of aryl methyl sites for hydroxylation is 1. The Hall–Kier alpha value is -3.76. The molecule has 42 heavy (non-hydrogen) atoms. The summed E-state index contributed by atoms with van der Waals surface area (Å²) in [6, 6.07) is 15.9. The maximum atomic E-state index is 14.0. The van der Waals surface area contributed by atoms with Gasteiger partial charge in [-0.3, -0.25) is 14.5 Å². The van der Waals surface area contributed by atoms with E-state index in [2.05, 4.69) is 31.4 Å². The summed E-state index contributed by atoms with van der Waals surface area (Å²) in [5.74, 6) is 1.93. The van der Waals surface area contributed by atoms with E-state index in [1.54, 1.807) is 42.2 Å². The molecule has 218 valence electrons. The van der Waals surface area contributed by atoms with Crippen LogP contribution >= 0.6 is 23.1 Å². The molecule has 4 heterocycles. The zero-order valence-electron chi connectivity index (χ0n) is 24.3. The van der Waals surface area contributed by atoms with Crippen LogP contribution in [0.1, 0.15) is 39.7 Å². The number of fused-ring (bicyclic) bond motifs is 1. The maximum Gasteiger partial charge on any atom is 0.242 e. The van der Waals surface area contributed by atoms with E-state index in [0.29, 0.717) is 28.6 Å². The molecule has 8 nitrogen and oxygen atoms in total. The van der Waals surface area contributed by atoms with Crippen molar-refractivity contribution in [2.45, 2.75) is 31.9 Å². The average molecular weight is 603 g/mol. The normalized spacial score (nSPS) is 16.9. The average Bonchev–Trinajstić information content (AvgIpc) is 3.78. The van der Waals surface area contributed by atoms with Crippen molar-refractivity contribution in [1.29, 1.82) is 0 Å². The van der Waals surface area contributed by atoms with Crippen LogP contribution in [-0.4, -0.2) is 66.1 Å². The first-order valence-corrected chi connectivity index (χ1v) is 16.0. The van der Waals surface area contributed by atoms with Gasteiger partial charge in [-0.1, -0.05) is 24.3 Å². The third-order valence-corrected chi connectivity index (χ3v) is 10.4. The largest absolute Gasteiger partial charge is 0.496 e. The van der Waals surface area contributed by atoms with Crippen molar-refractivity contribution in [3.8, 4) is 28.4 Å². The molecular weight excluding hydrogens is 569 g/mol. The fraction of sp³-hybridized carbons (Fsp3) is 0.344. The quantitative estimate of drug-likeness (QED) is 0.257.